The molecule has 5 atom stereocenters. The molecule has 4 N–H and O–H groups in total. The van der Waals surface area contributed by atoms with Gasteiger partial charge in [0, 0.05) is 6.61 Å². The monoisotopic (exact) mass is 1280 g/mol. The lowest BCUT2D eigenvalue weighted by atomic mass is 9.99. The lowest BCUT2D eigenvalue weighted by molar-refractivity contribution is -0.302. The van der Waals surface area contributed by atoms with E-state index in [9.17, 15) is 20.4 Å². The highest BCUT2D eigenvalue weighted by Crippen LogP contribution is 2.22. The molecule has 26 nitrogen and oxygen atoms in total. The van der Waals surface area contributed by atoms with Gasteiger partial charge in [-0.15, -0.1) is 0 Å². The Balaban J connectivity index is 1.60. The minimum atomic E-state index is -1.48. The van der Waals surface area contributed by atoms with Crippen molar-refractivity contribution in [3.8, 4) is 0 Å². The van der Waals surface area contributed by atoms with E-state index in [1.54, 1.807) is 0 Å². The second-order valence-electron chi connectivity index (χ2n) is 20.4. The zero-order valence-electron chi connectivity index (χ0n) is 54.3. The van der Waals surface area contributed by atoms with Crippen LogP contribution in [0.3, 0.4) is 0 Å². The van der Waals surface area contributed by atoms with Gasteiger partial charge in [-0.05, 0) is 6.42 Å². The highest BCUT2D eigenvalue weighted by Gasteiger charge is 2.44. The molecule has 528 valence electrons. The molecule has 1 rings (SSSR count). The first kappa shape index (κ1) is 85.0. The van der Waals surface area contributed by atoms with Gasteiger partial charge in [0.15, 0.2) is 6.29 Å². The second-order valence-corrected chi connectivity index (χ2v) is 20.4. The Morgan fingerprint density at radius 1 is 0.216 bits per heavy atom. The first-order valence-electron chi connectivity index (χ1n) is 33.1. The SMILES string of the molecule is CCCCCCCCCCCCCCCCOCCOCCOCCOCCOCCOCCOCCOCCOCCOCCOCCOCCOCCOCCOCCOCCOCCOCCOCCOCCO[C@@H]1O[C@H](CO)[C@H](O)[C@H](O)[C@H]1O. The fourth-order valence-corrected chi connectivity index (χ4v) is 8.11. The fourth-order valence-electron chi connectivity index (χ4n) is 8.11. The highest BCUT2D eigenvalue weighted by molar-refractivity contribution is 4.88. The van der Waals surface area contributed by atoms with Crippen LogP contribution in [-0.2, 0) is 104 Å². The van der Waals surface area contributed by atoms with E-state index in [-0.39, 0.29) is 13.2 Å². The summed E-state index contributed by atoms with van der Waals surface area (Å²) in [5.41, 5.74) is 0. The number of aliphatic hydroxyl groups is 4. The van der Waals surface area contributed by atoms with Gasteiger partial charge in [0.05, 0.1) is 271 Å². The molecule has 0 aliphatic carbocycles. The van der Waals surface area contributed by atoms with Crippen LogP contribution in [0.1, 0.15) is 96.8 Å². The normalized spacial score (nSPS) is 17.1. The van der Waals surface area contributed by atoms with Gasteiger partial charge in [-0.3, -0.25) is 0 Å². The van der Waals surface area contributed by atoms with E-state index in [1.165, 1.54) is 83.5 Å². The van der Waals surface area contributed by atoms with Crippen molar-refractivity contribution in [1.29, 1.82) is 0 Å². The van der Waals surface area contributed by atoms with Crippen molar-refractivity contribution in [3.05, 3.63) is 0 Å². The van der Waals surface area contributed by atoms with Crippen LogP contribution in [-0.4, -0.2) is 329 Å². The Morgan fingerprint density at radius 3 is 0.602 bits per heavy atom. The van der Waals surface area contributed by atoms with E-state index in [0.29, 0.717) is 251 Å². The average Bonchev–Trinajstić information content (AvgIpc) is 3.61. The van der Waals surface area contributed by atoms with Crippen LogP contribution in [0.15, 0.2) is 0 Å². The topological polar surface area (TPSA) is 284 Å². The molecule has 0 saturated carbocycles. The molecule has 1 heterocycles. The van der Waals surface area contributed by atoms with Crippen LogP contribution in [0.4, 0.5) is 0 Å². The van der Waals surface area contributed by atoms with E-state index in [0.717, 1.165) is 13.0 Å². The standard InChI is InChI=1S/C62H124O26/c1-2-3-4-5-6-7-8-9-10-11-12-13-14-15-16-67-17-18-68-19-20-69-21-22-70-23-24-71-25-26-72-27-28-73-29-30-74-31-32-75-33-34-76-35-36-77-37-38-78-39-40-79-41-42-80-43-44-81-45-46-82-47-48-83-49-50-84-51-52-85-53-54-86-55-56-87-62-61(66)60(65)59(64)58(57-63)88-62/h58-66H,2-57H2,1H3/t58-,59+,60+,61-,62-/m1/s1. The number of hydrogen-bond acceptors (Lipinski definition) is 26. The third-order valence-corrected chi connectivity index (χ3v) is 13.1. The molecule has 88 heavy (non-hydrogen) atoms. The molecular weight excluding hydrogens is 1160 g/mol. The van der Waals surface area contributed by atoms with E-state index < -0.39 is 37.3 Å². The Hall–Kier alpha value is -1.04. The number of unbranched alkanes of at least 4 members (excludes halogenated alkanes) is 13. The lowest BCUT2D eigenvalue weighted by Crippen LogP contribution is -2.59. The fraction of sp³-hybridized carbons (Fsp3) is 1.00. The van der Waals surface area contributed by atoms with Gasteiger partial charge in [0.1, 0.15) is 24.4 Å². The quantitative estimate of drug-likeness (QED) is 0.0633. The van der Waals surface area contributed by atoms with Crippen LogP contribution in [0.25, 0.3) is 0 Å². The number of ether oxygens (including phenoxy) is 22. The third kappa shape index (κ3) is 62.4. The molecule has 1 aliphatic rings. The summed E-state index contributed by atoms with van der Waals surface area (Å²) < 4.78 is 121. The Bertz CT molecular complexity index is 1290. The van der Waals surface area contributed by atoms with Crippen molar-refractivity contribution in [3.63, 3.8) is 0 Å². The summed E-state index contributed by atoms with van der Waals surface area (Å²) in [6.07, 6.45) is 12.6. The summed E-state index contributed by atoms with van der Waals surface area (Å²) in [6, 6.07) is 0. The summed E-state index contributed by atoms with van der Waals surface area (Å²) in [7, 11) is 0. The molecular formula is C62H124O26. The van der Waals surface area contributed by atoms with Crippen molar-refractivity contribution in [1.82, 2.24) is 0 Å². The largest absolute Gasteiger partial charge is 0.394 e. The van der Waals surface area contributed by atoms with E-state index in [1.807, 2.05) is 0 Å². The molecule has 0 bridgehead atoms. The Kier molecular flexibility index (Phi) is 70.8. The van der Waals surface area contributed by atoms with Crippen molar-refractivity contribution in [2.75, 3.05) is 277 Å². The number of aliphatic hydroxyl groups excluding tert-OH is 4. The summed E-state index contributed by atoms with van der Waals surface area (Å²) in [6.45, 7) is 21.1. The van der Waals surface area contributed by atoms with Crippen LogP contribution in [0.2, 0.25) is 0 Å². The minimum absolute atomic E-state index is 0.0784. The Morgan fingerprint density at radius 2 is 0.398 bits per heavy atom. The lowest BCUT2D eigenvalue weighted by Gasteiger charge is -2.39. The Labute approximate surface area is 528 Å². The van der Waals surface area contributed by atoms with E-state index in [4.69, 9.17) is 104 Å². The molecule has 26 heteroatoms. The van der Waals surface area contributed by atoms with Crippen molar-refractivity contribution < 1.29 is 125 Å². The molecule has 0 spiro atoms. The maximum Gasteiger partial charge on any atom is 0.186 e. The molecule has 0 aromatic rings. The maximum absolute atomic E-state index is 9.95. The molecule has 1 aliphatic heterocycles. The molecule has 0 aromatic carbocycles. The first-order chi connectivity index (χ1) is 43.6. The molecule has 0 amide bonds. The van der Waals surface area contributed by atoms with Gasteiger partial charge in [-0.1, -0.05) is 90.4 Å². The minimum Gasteiger partial charge on any atom is -0.394 e. The summed E-state index contributed by atoms with van der Waals surface area (Å²) >= 11 is 0. The van der Waals surface area contributed by atoms with Gasteiger partial charge >= 0.3 is 0 Å². The van der Waals surface area contributed by atoms with Crippen molar-refractivity contribution in [2.24, 2.45) is 0 Å². The molecule has 0 aromatic heterocycles. The van der Waals surface area contributed by atoms with Crippen LogP contribution >= 0.6 is 0 Å². The molecule has 0 radical (unpaired) electrons. The van der Waals surface area contributed by atoms with Crippen LogP contribution < -0.4 is 0 Å². The number of hydrogen-bond donors (Lipinski definition) is 4. The van der Waals surface area contributed by atoms with Crippen molar-refractivity contribution in [2.45, 2.75) is 128 Å². The zero-order valence-corrected chi connectivity index (χ0v) is 54.3. The van der Waals surface area contributed by atoms with Gasteiger partial charge in [-0.2, -0.15) is 0 Å². The van der Waals surface area contributed by atoms with Gasteiger partial charge in [-0.25, -0.2) is 0 Å². The van der Waals surface area contributed by atoms with Gasteiger partial charge < -0.3 is 125 Å². The average molecular weight is 1290 g/mol. The summed E-state index contributed by atoms with van der Waals surface area (Å²) in [4.78, 5) is 0. The smallest absolute Gasteiger partial charge is 0.186 e. The highest BCUT2D eigenvalue weighted by atomic mass is 16.7. The van der Waals surface area contributed by atoms with Gasteiger partial charge in [0.2, 0.25) is 0 Å². The summed E-state index contributed by atoms with van der Waals surface area (Å²) in [5.74, 6) is 0. The third-order valence-electron chi connectivity index (χ3n) is 13.1. The van der Waals surface area contributed by atoms with Gasteiger partial charge in [0.25, 0.3) is 0 Å². The maximum atomic E-state index is 9.95. The predicted octanol–water partition coefficient (Wildman–Crippen LogP) is 3.62. The second kappa shape index (κ2) is 73.4. The molecule has 1 fully saturated rings. The van der Waals surface area contributed by atoms with E-state index >= 15 is 0 Å². The van der Waals surface area contributed by atoms with Crippen LogP contribution in [0.5, 0.6) is 0 Å². The van der Waals surface area contributed by atoms with E-state index in [2.05, 4.69) is 6.92 Å². The van der Waals surface area contributed by atoms with Crippen LogP contribution in [0, 0.1) is 0 Å². The summed E-state index contributed by atoms with van der Waals surface area (Å²) in [5, 5.41) is 38.8. The first-order valence-corrected chi connectivity index (χ1v) is 33.1. The zero-order chi connectivity index (χ0) is 63.0. The van der Waals surface area contributed by atoms with Crippen molar-refractivity contribution >= 4 is 0 Å². The molecule has 1 saturated heterocycles. The predicted molar refractivity (Wildman–Crippen MR) is 326 cm³/mol. The molecule has 0 unspecified atom stereocenters. The number of rotatable bonds is 77.